The van der Waals surface area contributed by atoms with E-state index in [1.165, 1.54) is 6.92 Å². The maximum atomic E-state index is 13.8. The number of benzene rings is 2. The monoisotopic (exact) mass is 346 g/mol. The summed E-state index contributed by atoms with van der Waals surface area (Å²) in [6.07, 6.45) is -0.389. The van der Waals surface area contributed by atoms with Gasteiger partial charge in [0.1, 0.15) is 11.6 Å². The number of rotatable bonds is 4. The maximum Gasteiger partial charge on any atom is 0.221 e. The molecule has 1 aliphatic rings. The van der Waals surface area contributed by atoms with Crippen LogP contribution >= 0.6 is 0 Å². The Morgan fingerprint density at radius 1 is 1.32 bits per heavy atom. The van der Waals surface area contributed by atoms with Crippen LogP contribution in [-0.4, -0.2) is 29.0 Å². The molecule has 0 aromatic heterocycles. The Bertz CT molecular complexity index is 795. The molecule has 6 heteroatoms. The Balaban J connectivity index is 1.73. The minimum Gasteiger partial charge on any atom is -0.387 e. The summed E-state index contributed by atoms with van der Waals surface area (Å²) in [4.78, 5) is 13.3. The number of carbonyl (C=O) groups excluding carboxylic acids is 1. The van der Waals surface area contributed by atoms with Gasteiger partial charge in [0.2, 0.25) is 5.91 Å². The number of halogens is 2. The Labute approximate surface area is 145 Å². The number of β-amino-alcohol motifs (C(OH)–C–C–N with tert-alkyl or cyclic N) is 1. The molecule has 2 N–H and O–H groups in total. The number of aliphatic hydroxyl groups is 1. The molecule has 1 amide bonds. The van der Waals surface area contributed by atoms with Crippen LogP contribution in [-0.2, 0) is 17.8 Å². The SMILES string of the molecule is CC(=O)Nc1cccc2c1CCN(CC(O)c1cc(F)ccc1F)C2. The van der Waals surface area contributed by atoms with Crippen LogP contribution in [0.15, 0.2) is 36.4 Å². The van der Waals surface area contributed by atoms with E-state index in [0.29, 0.717) is 19.5 Å². The Morgan fingerprint density at radius 3 is 2.88 bits per heavy atom. The van der Waals surface area contributed by atoms with Crippen molar-refractivity contribution >= 4 is 11.6 Å². The van der Waals surface area contributed by atoms with E-state index in [-0.39, 0.29) is 18.0 Å². The van der Waals surface area contributed by atoms with Crippen molar-refractivity contribution in [2.75, 3.05) is 18.4 Å². The average Bonchev–Trinajstić information content (AvgIpc) is 2.56. The zero-order valence-electron chi connectivity index (χ0n) is 13.9. The van der Waals surface area contributed by atoms with Crippen molar-refractivity contribution in [2.45, 2.75) is 26.0 Å². The maximum absolute atomic E-state index is 13.8. The second kappa shape index (κ2) is 7.29. The lowest BCUT2D eigenvalue weighted by atomic mass is 9.97. The molecule has 0 saturated heterocycles. The van der Waals surface area contributed by atoms with Gasteiger partial charge in [0.15, 0.2) is 0 Å². The van der Waals surface area contributed by atoms with Gasteiger partial charge < -0.3 is 10.4 Å². The topological polar surface area (TPSA) is 52.6 Å². The number of hydrogen-bond donors (Lipinski definition) is 2. The molecule has 1 atom stereocenters. The Morgan fingerprint density at radius 2 is 2.12 bits per heavy atom. The second-order valence-electron chi connectivity index (χ2n) is 6.29. The first-order chi connectivity index (χ1) is 11.9. The number of aliphatic hydroxyl groups excluding tert-OH is 1. The van der Waals surface area contributed by atoms with Crippen LogP contribution in [0.2, 0.25) is 0 Å². The van der Waals surface area contributed by atoms with Crippen LogP contribution in [0.4, 0.5) is 14.5 Å². The van der Waals surface area contributed by atoms with Crippen LogP contribution in [0.1, 0.15) is 29.7 Å². The van der Waals surface area contributed by atoms with Gasteiger partial charge in [-0.15, -0.1) is 0 Å². The van der Waals surface area contributed by atoms with Crippen LogP contribution in [0.3, 0.4) is 0 Å². The van der Waals surface area contributed by atoms with Gasteiger partial charge in [0, 0.05) is 37.8 Å². The molecule has 0 aliphatic carbocycles. The normalized spacial score (nSPS) is 15.5. The van der Waals surface area contributed by atoms with Gasteiger partial charge in [-0.1, -0.05) is 12.1 Å². The average molecular weight is 346 g/mol. The summed E-state index contributed by atoms with van der Waals surface area (Å²) in [6, 6.07) is 8.81. The largest absolute Gasteiger partial charge is 0.387 e. The third-order valence-corrected chi connectivity index (χ3v) is 4.40. The van der Waals surface area contributed by atoms with Gasteiger partial charge in [-0.25, -0.2) is 8.78 Å². The highest BCUT2D eigenvalue weighted by Crippen LogP contribution is 2.28. The minimum atomic E-state index is -1.10. The molecule has 2 aromatic rings. The fourth-order valence-electron chi connectivity index (χ4n) is 3.24. The van der Waals surface area contributed by atoms with Crippen LogP contribution in [0, 0.1) is 11.6 Å². The molecule has 4 nitrogen and oxygen atoms in total. The fraction of sp³-hybridized carbons (Fsp3) is 0.316. The fourth-order valence-corrected chi connectivity index (χ4v) is 3.24. The molecule has 1 heterocycles. The highest BCUT2D eigenvalue weighted by atomic mass is 19.1. The number of carbonyl (C=O) groups is 1. The van der Waals surface area contributed by atoms with E-state index >= 15 is 0 Å². The van der Waals surface area contributed by atoms with Crippen molar-refractivity contribution in [3.05, 3.63) is 64.7 Å². The molecule has 0 fully saturated rings. The molecule has 3 rings (SSSR count). The number of nitrogens with zero attached hydrogens (tertiary/aromatic N) is 1. The predicted molar refractivity (Wildman–Crippen MR) is 91.0 cm³/mol. The van der Waals surface area contributed by atoms with Gasteiger partial charge in [-0.3, -0.25) is 9.69 Å². The van der Waals surface area contributed by atoms with Crippen molar-refractivity contribution in [1.29, 1.82) is 0 Å². The number of hydrogen-bond acceptors (Lipinski definition) is 3. The summed E-state index contributed by atoms with van der Waals surface area (Å²) in [5, 5.41) is 13.1. The van der Waals surface area contributed by atoms with Crippen LogP contribution in [0.25, 0.3) is 0 Å². The first kappa shape index (κ1) is 17.5. The van der Waals surface area contributed by atoms with E-state index in [0.717, 1.165) is 35.0 Å². The van der Waals surface area contributed by atoms with Gasteiger partial charge in [-0.05, 0) is 41.8 Å². The molecule has 25 heavy (non-hydrogen) atoms. The molecular weight excluding hydrogens is 326 g/mol. The molecule has 0 spiro atoms. The molecule has 1 aliphatic heterocycles. The van der Waals surface area contributed by atoms with Crippen molar-refractivity contribution in [3.8, 4) is 0 Å². The van der Waals surface area contributed by atoms with Crippen molar-refractivity contribution in [3.63, 3.8) is 0 Å². The number of nitrogens with one attached hydrogen (secondary N) is 1. The Kier molecular flexibility index (Phi) is 5.11. The predicted octanol–water partition coefficient (Wildman–Crippen LogP) is 3.01. The lowest BCUT2D eigenvalue weighted by Gasteiger charge is -2.31. The van der Waals surface area contributed by atoms with Gasteiger partial charge in [0.05, 0.1) is 6.10 Å². The lowest BCUT2D eigenvalue weighted by Crippen LogP contribution is -2.34. The van der Waals surface area contributed by atoms with E-state index in [2.05, 4.69) is 5.32 Å². The summed E-state index contributed by atoms with van der Waals surface area (Å²) >= 11 is 0. The van der Waals surface area contributed by atoms with E-state index in [1.807, 2.05) is 23.1 Å². The Hall–Kier alpha value is -2.31. The van der Waals surface area contributed by atoms with Gasteiger partial charge in [0.25, 0.3) is 0 Å². The first-order valence-electron chi connectivity index (χ1n) is 8.18. The highest BCUT2D eigenvalue weighted by molar-refractivity contribution is 5.89. The highest BCUT2D eigenvalue weighted by Gasteiger charge is 2.23. The van der Waals surface area contributed by atoms with Crippen molar-refractivity contribution in [1.82, 2.24) is 4.90 Å². The second-order valence-corrected chi connectivity index (χ2v) is 6.29. The number of anilines is 1. The molecular formula is C19H20F2N2O2. The zero-order chi connectivity index (χ0) is 18.0. The first-order valence-corrected chi connectivity index (χ1v) is 8.18. The molecule has 2 aromatic carbocycles. The molecule has 0 radical (unpaired) electrons. The van der Waals surface area contributed by atoms with Crippen LogP contribution in [0.5, 0.6) is 0 Å². The zero-order valence-corrected chi connectivity index (χ0v) is 13.9. The molecule has 0 bridgehead atoms. The smallest absolute Gasteiger partial charge is 0.221 e. The number of amides is 1. The van der Waals surface area contributed by atoms with Crippen molar-refractivity contribution in [2.24, 2.45) is 0 Å². The third kappa shape index (κ3) is 4.03. The van der Waals surface area contributed by atoms with Gasteiger partial charge in [-0.2, -0.15) is 0 Å². The third-order valence-electron chi connectivity index (χ3n) is 4.40. The summed E-state index contributed by atoms with van der Waals surface area (Å²) < 4.78 is 27.1. The van der Waals surface area contributed by atoms with E-state index in [4.69, 9.17) is 0 Å². The standard InChI is InChI=1S/C19H20F2N2O2/c1-12(24)22-18-4-2-3-13-10-23(8-7-15(13)18)11-19(25)16-9-14(20)5-6-17(16)21/h2-6,9,19,25H,7-8,10-11H2,1H3,(H,22,24). The molecule has 132 valence electrons. The van der Waals surface area contributed by atoms with Gasteiger partial charge >= 0.3 is 0 Å². The van der Waals surface area contributed by atoms with Crippen molar-refractivity contribution < 1.29 is 18.7 Å². The minimum absolute atomic E-state index is 0.0298. The summed E-state index contributed by atoms with van der Waals surface area (Å²) in [5.41, 5.74) is 2.92. The lowest BCUT2D eigenvalue weighted by molar-refractivity contribution is -0.114. The van der Waals surface area contributed by atoms with E-state index in [9.17, 15) is 18.7 Å². The van der Waals surface area contributed by atoms with E-state index in [1.54, 1.807) is 0 Å². The number of fused-ring (bicyclic) bond motifs is 1. The summed E-state index contributed by atoms with van der Waals surface area (Å²) in [5.74, 6) is -1.30. The van der Waals surface area contributed by atoms with E-state index < -0.39 is 17.7 Å². The molecule has 0 saturated carbocycles. The van der Waals surface area contributed by atoms with Crippen LogP contribution < -0.4 is 5.32 Å². The summed E-state index contributed by atoms with van der Waals surface area (Å²) in [6.45, 7) is 2.93. The quantitative estimate of drug-likeness (QED) is 0.895. The molecule has 1 unspecified atom stereocenters. The summed E-state index contributed by atoms with van der Waals surface area (Å²) in [7, 11) is 0.